The summed E-state index contributed by atoms with van der Waals surface area (Å²) < 4.78 is 26.7. The molecule has 1 amide bonds. The highest BCUT2D eigenvalue weighted by atomic mass is 35.5. The summed E-state index contributed by atoms with van der Waals surface area (Å²) in [6, 6.07) is 3.23. The molecule has 0 heterocycles. The van der Waals surface area contributed by atoms with E-state index in [2.05, 4.69) is 10.0 Å². The lowest BCUT2D eigenvalue weighted by atomic mass is 10.3. The van der Waals surface area contributed by atoms with Crippen LogP contribution in [0, 0.1) is 0 Å². The summed E-state index contributed by atoms with van der Waals surface area (Å²) in [7, 11) is -3.92. The highest BCUT2D eigenvalue weighted by Gasteiger charge is 2.24. The zero-order valence-corrected chi connectivity index (χ0v) is 14.1. The first-order valence-electron chi connectivity index (χ1n) is 6.53. The topological polar surface area (TPSA) is 75.3 Å². The minimum Gasteiger partial charge on any atom is -0.355 e. The van der Waals surface area contributed by atoms with Crippen LogP contribution in [0.3, 0.4) is 0 Å². The van der Waals surface area contributed by atoms with Crippen LogP contribution >= 0.6 is 23.2 Å². The van der Waals surface area contributed by atoms with Crippen molar-refractivity contribution < 1.29 is 13.2 Å². The Balaban J connectivity index is 2.80. The molecule has 1 unspecified atom stereocenters. The number of sulfonamides is 1. The molecule has 0 aromatic heterocycles. The summed E-state index contributed by atoms with van der Waals surface area (Å²) in [5.74, 6) is -0.384. The number of hydrogen-bond acceptors (Lipinski definition) is 3. The minimum absolute atomic E-state index is 0.0468. The lowest BCUT2D eigenvalue weighted by molar-refractivity contribution is -0.122. The summed E-state index contributed by atoms with van der Waals surface area (Å²) in [5.41, 5.74) is 0. The maximum Gasteiger partial charge on any atom is 0.242 e. The Morgan fingerprint density at radius 2 is 2.00 bits per heavy atom. The number of hydrogen-bond donors (Lipinski definition) is 2. The average molecular weight is 353 g/mol. The van der Waals surface area contributed by atoms with Crippen LogP contribution < -0.4 is 10.0 Å². The van der Waals surface area contributed by atoms with E-state index >= 15 is 0 Å². The molecule has 8 heteroatoms. The Kier molecular flexibility index (Phi) is 6.93. The first-order valence-corrected chi connectivity index (χ1v) is 8.77. The second kappa shape index (κ2) is 7.98. The minimum atomic E-state index is -3.92. The van der Waals surface area contributed by atoms with Crippen molar-refractivity contribution in [1.82, 2.24) is 10.0 Å². The zero-order valence-electron chi connectivity index (χ0n) is 11.8. The molecule has 0 saturated carbocycles. The van der Waals surface area contributed by atoms with Gasteiger partial charge in [-0.05, 0) is 31.5 Å². The summed E-state index contributed by atoms with van der Waals surface area (Å²) in [6.45, 7) is 3.98. The molecule has 1 aromatic carbocycles. The predicted molar refractivity (Wildman–Crippen MR) is 84.2 cm³/mol. The molecule has 0 aliphatic carbocycles. The summed E-state index contributed by atoms with van der Waals surface area (Å²) in [6.07, 6.45) is 1.78. The van der Waals surface area contributed by atoms with Crippen LogP contribution in [-0.4, -0.2) is 26.9 Å². The molecule has 5 nitrogen and oxygen atoms in total. The quantitative estimate of drug-likeness (QED) is 0.740. The van der Waals surface area contributed by atoms with Crippen molar-refractivity contribution in [3.05, 3.63) is 28.2 Å². The summed E-state index contributed by atoms with van der Waals surface area (Å²) >= 11 is 11.6. The molecule has 0 radical (unpaired) electrons. The number of unbranched alkanes of at least 4 members (excludes halogenated alkanes) is 1. The van der Waals surface area contributed by atoms with Crippen LogP contribution in [0.15, 0.2) is 23.1 Å². The molecular formula is C13H18Cl2N2O3S. The second-order valence-electron chi connectivity index (χ2n) is 4.56. The lowest BCUT2D eigenvalue weighted by Crippen LogP contribution is -2.45. The van der Waals surface area contributed by atoms with E-state index in [0.29, 0.717) is 6.54 Å². The maximum absolute atomic E-state index is 12.2. The standard InChI is InChI=1S/C13H18Cl2N2O3S/c1-3-4-7-16-13(18)9(2)17-21(19,20)12-8-10(14)5-6-11(12)15/h5-6,8-9,17H,3-4,7H2,1-2H3,(H,16,18). The average Bonchev–Trinajstić information content (AvgIpc) is 2.41. The second-order valence-corrected chi connectivity index (χ2v) is 7.09. The van der Waals surface area contributed by atoms with E-state index in [9.17, 15) is 13.2 Å². The molecule has 0 aliphatic rings. The van der Waals surface area contributed by atoms with Crippen LogP contribution in [0.5, 0.6) is 0 Å². The van der Waals surface area contributed by atoms with Crippen LogP contribution in [0.4, 0.5) is 0 Å². The van der Waals surface area contributed by atoms with Gasteiger partial charge in [0.25, 0.3) is 0 Å². The third-order valence-electron chi connectivity index (χ3n) is 2.74. The third-order valence-corrected chi connectivity index (χ3v) is 4.99. The van der Waals surface area contributed by atoms with Gasteiger partial charge in [0.2, 0.25) is 15.9 Å². The molecular weight excluding hydrogens is 335 g/mol. The Labute approximate surface area is 135 Å². The van der Waals surface area contributed by atoms with Crippen LogP contribution in [0.2, 0.25) is 10.0 Å². The fourth-order valence-corrected chi connectivity index (χ4v) is 3.54. The summed E-state index contributed by atoms with van der Waals surface area (Å²) in [4.78, 5) is 11.6. The number of rotatable bonds is 7. The summed E-state index contributed by atoms with van der Waals surface area (Å²) in [5, 5.41) is 2.96. The first kappa shape index (κ1) is 18.2. The lowest BCUT2D eigenvalue weighted by Gasteiger charge is -2.15. The molecule has 0 saturated heterocycles. The van der Waals surface area contributed by atoms with Crippen molar-refractivity contribution in [3.8, 4) is 0 Å². The van der Waals surface area contributed by atoms with E-state index in [1.807, 2.05) is 6.92 Å². The maximum atomic E-state index is 12.2. The number of carbonyl (C=O) groups is 1. The van der Waals surface area contributed by atoms with Gasteiger partial charge in [-0.25, -0.2) is 8.42 Å². The SMILES string of the molecule is CCCCNC(=O)C(C)NS(=O)(=O)c1cc(Cl)ccc1Cl. The third kappa shape index (κ3) is 5.47. The predicted octanol–water partition coefficient (Wildman–Crippen LogP) is 2.58. The van der Waals surface area contributed by atoms with Gasteiger partial charge in [0, 0.05) is 11.6 Å². The Morgan fingerprint density at radius 1 is 1.33 bits per heavy atom. The van der Waals surface area contributed by atoms with Gasteiger partial charge in [-0.3, -0.25) is 4.79 Å². The Hall–Kier alpha value is -0.820. The van der Waals surface area contributed by atoms with Crippen molar-refractivity contribution in [1.29, 1.82) is 0 Å². The van der Waals surface area contributed by atoms with E-state index in [0.717, 1.165) is 12.8 Å². The molecule has 1 aromatic rings. The molecule has 0 spiro atoms. The molecule has 21 heavy (non-hydrogen) atoms. The fourth-order valence-electron chi connectivity index (χ4n) is 1.57. The smallest absolute Gasteiger partial charge is 0.242 e. The molecule has 1 atom stereocenters. The molecule has 1 rings (SSSR count). The van der Waals surface area contributed by atoms with Gasteiger partial charge in [-0.15, -0.1) is 0 Å². The normalized spacial score (nSPS) is 13.0. The van der Waals surface area contributed by atoms with E-state index in [1.165, 1.54) is 25.1 Å². The van der Waals surface area contributed by atoms with E-state index < -0.39 is 16.1 Å². The molecule has 0 fully saturated rings. The van der Waals surface area contributed by atoms with Gasteiger partial charge in [0.15, 0.2) is 0 Å². The van der Waals surface area contributed by atoms with Gasteiger partial charge in [0.1, 0.15) is 4.90 Å². The molecule has 0 bridgehead atoms. The monoisotopic (exact) mass is 352 g/mol. The van der Waals surface area contributed by atoms with Crippen molar-refractivity contribution in [2.24, 2.45) is 0 Å². The van der Waals surface area contributed by atoms with Crippen molar-refractivity contribution in [3.63, 3.8) is 0 Å². The Bertz CT molecular complexity index is 605. The number of halogens is 2. The van der Waals surface area contributed by atoms with Gasteiger partial charge in [-0.1, -0.05) is 36.5 Å². The van der Waals surface area contributed by atoms with Crippen molar-refractivity contribution in [2.45, 2.75) is 37.6 Å². The highest BCUT2D eigenvalue weighted by Crippen LogP contribution is 2.24. The number of amides is 1. The first-order chi connectivity index (χ1) is 9.77. The van der Waals surface area contributed by atoms with E-state index in [1.54, 1.807) is 0 Å². The zero-order chi connectivity index (χ0) is 16.0. The number of carbonyl (C=O) groups excluding carboxylic acids is 1. The van der Waals surface area contributed by atoms with E-state index in [-0.39, 0.29) is 20.8 Å². The number of nitrogens with one attached hydrogen (secondary N) is 2. The highest BCUT2D eigenvalue weighted by molar-refractivity contribution is 7.89. The van der Waals surface area contributed by atoms with Gasteiger partial charge in [-0.2, -0.15) is 4.72 Å². The van der Waals surface area contributed by atoms with Crippen LogP contribution in [-0.2, 0) is 14.8 Å². The largest absolute Gasteiger partial charge is 0.355 e. The van der Waals surface area contributed by atoms with Gasteiger partial charge < -0.3 is 5.32 Å². The Morgan fingerprint density at radius 3 is 2.62 bits per heavy atom. The fraction of sp³-hybridized carbons (Fsp3) is 0.462. The van der Waals surface area contributed by atoms with Crippen molar-refractivity contribution in [2.75, 3.05) is 6.54 Å². The van der Waals surface area contributed by atoms with Gasteiger partial charge >= 0.3 is 0 Å². The van der Waals surface area contributed by atoms with Crippen LogP contribution in [0.25, 0.3) is 0 Å². The molecule has 118 valence electrons. The van der Waals surface area contributed by atoms with Crippen molar-refractivity contribution >= 4 is 39.1 Å². The molecule has 0 aliphatic heterocycles. The van der Waals surface area contributed by atoms with E-state index in [4.69, 9.17) is 23.2 Å². The molecule has 2 N–H and O–H groups in total. The van der Waals surface area contributed by atoms with Crippen LogP contribution in [0.1, 0.15) is 26.7 Å². The number of benzene rings is 1. The van der Waals surface area contributed by atoms with Gasteiger partial charge in [0.05, 0.1) is 11.1 Å².